The SMILES string of the molecule is CC1(C(=O)[O-])C=CC(C)(C(=O)[O-])C=C1. The van der Waals surface area contributed by atoms with Crippen LogP contribution in [0.2, 0.25) is 0 Å². The lowest BCUT2D eigenvalue weighted by molar-refractivity contribution is -0.316. The van der Waals surface area contributed by atoms with Crippen molar-refractivity contribution in [2.75, 3.05) is 0 Å². The van der Waals surface area contributed by atoms with E-state index in [9.17, 15) is 19.8 Å². The molecule has 14 heavy (non-hydrogen) atoms. The van der Waals surface area contributed by atoms with Crippen molar-refractivity contribution in [1.29, 1.82) is 0 Å². The Labute approximate surface area is 81.6 Å². The van der Waals surface area contributed by atoms with Gasteiger partial charge in [0.05, 0.1) is 11.9 Å². The van der Waals surface area contributed by atoms with Gasteiger partial charge >= 0.3 is 0 Å². The van der Waals surface area contributed by atoms with Gasteiger partial charge in [0.1, 0.15) is 0 Å². The van der Waals surface area contributed by atoms with Crippen LogP contribution in [0, 0.1) is 10.8 Å². The summed E-state index contributed by atoms with van der Waals surface area (Å²) in [5, 5.41) is 21.4. The predicted molar refractivity (Wildman–Crippen MR) is 44.5 cm³/mol. The summed E-state index contributed by atoms with van der Waals surface area (Å²) in [5.74, 6) is -2.52. The van der Waals surface area contributed by atoms with Crippen molar-refractivity contribution in [2.45, 2.75) is 13.8 Å². The van der Waals surface area contributed by atoms with Crippen LogP contribution < -0.4 is 10.2 Å². The van der Waals surface area contributed by atoms with Gasteiger partial charge in [-0.25, -0.2) is 0 Å². The van der Waals surface area contributed by atoms with E-state index in [0.29, 0.717) is 0 Å². The van der Waals surface area contributed by atoms with Crippen LogP contribution in [0.3, 0.4) is 0 Å². The van der Waals surface area contributed by atoms with Crippen molar-refractivity contribution in [3.8, 4) is 0 Å². The zero-order valence-corrected chi connectivity index (χ0v) is 7.94. The lowest BCUT2D eigenvalue weighted by Crippen LogP contribution is -2.43. The molecular formula is C10H10O4-2. The molecule has 76 valence electrons. The molecule has 0 heterocycles. The molecule has 0 fully saturated rings. The molecule has 0 saturated carbocycles. The van der Waals surface area contributed by atoms with Gasteiger partial charge in [-0.1, -0.05) is 24.3 Å². The maximum atomic E-state index is 10.7. The number of carbonyl (C=O) groups is 2. The first-order valence-corrected chi connectivity index (χ1v) is 4.14. The quantitative estimate of drug-likeness (QED) is 0.508. The summed E-state index contributed by atoms with van der Waals surface area (Å²) in [6.45, 7) is 2.87. The fraction of sp³-hybridized carbons (Fsp3) is 0.400. The highest BCUT2D eigenvalue weighted by molar-refractivity contribution is 5.82. The van der Waals surface area contributed by atoms with Crippen LogP contribution in [0.5, 0.6) is 0 Å². The third kappa shape index (κ3) is 1.55. The molecule has 0 spiro atoms. The molecule has 0 radical (unpaired) electrons. The number of carboxylic acids is 2. The van der Waals surface area contributed by atoms with Gasteiger partial charge in [0.2, 0.25) is 0 Å². The predicted octanol–water partition coefficient (Wildman–Crippen LogP) is -1.38. The first kappa shape index (κ1) is 10.5. The Morgan fingerprint density at radius 1 is 0.857 bits per heavy atom. The Balaban J connectivity index is 3.01. The van der Waals surface area contributed by atoms with E-state index in [1.807, 2.05) is 0 Å². The van der Waals surface area contributed by atoms with Gasteiger partial charge in [0.25, 0.3) is 0 Å². The first-order valence-electron chi connectivity index (χ1n) is 4.14. The fourth-order valence-corrected chi connectivity index (χ4v) is 1.08. The van der Waals surface area contributed by atoms with Crippen LogP contribution in [-0.2, 0) is 9.59 Å². The minimum Gasteiger partial charge on any atom is -0.549 e. The molecule has 0 N–H and O–H groups in total. The van der Waals surface area contributed by atoms with Crippen LogP contribution >= 0.6 is 0 Å². The third-order valence-electron chi connectivity index (χ3n) is 2.43. The average molecular weight is 194 g/mol. The molecule has 1 aliphatic carbocycles. The summed E-state index contributed by atoms with van der Waals surface area (Å²) in [6.07, 6.45) is 5.21. The second kappa shape index (κ2) is 2.97. The van der Waals surface area contributed by atoms with Gasteiger partial charge in [-0.05, 0) is 13.8 Å². The van der Waals surface area contributed by atoms with E-state index < -0.39 is 22.8 Å². The van der Waals surface area contributed by atoms with E-state index >= 15 is 0 Å². The lowest BCUT2D eigenvalue weighted by Gasteiger charge is -2.33. The molecule has 0 amide bonds. The summed E-state index contributed by atoms with van der Waals surface area (Å²) in [7, 11) is 0. The van der Waals surface area contributed by atoms with Gasteiger partial charge in [0.15, 0.2) is 0 Å². The Hall–Kier alpha value is -1.58. The summed E-state index contributed by atoms with van der Waals surface area (Å²) >= 11 is 0. The van der Waals surface area contributed by atoms with Crippen LogP contribution in [0.15, 0.2) is 24.3 Å². The Kier molecular flexibility index (Phi) is 2.23. The molecule has 1 aliphatic rings. The Morgan fingerprint density at radius 3 is 1.21 bits per heavy atom. The molecule has 0 atom stereocenters. The van der Waals surface area contributed by atoms with E-state index in [0.717, 1.165) is 0 Å². The highest BCUT2D eigenvalue weighted by atomic mass is 16.4. The summed E-state index contributed by atoms with van der Waals surface area (Å²) in [4.78, 5) is 21.4. The molecular weight excluding hydrogens is 184 g/mol. The molecule has 0 aromatic carbocycles. The number of hydrogen-bond donors (Lipinski definition) is 0. The van der Waals surface area contributed by atoms with Crippen LogP contribution in [0.25, 0.3) is 0 Å². The van der Waals surface area contributed by atoms with E-state index in [1.165, 1.54) is 38.2 Å². The molecule has 4 heteroatoms. The van der Waals surface area contributed by atoms with Crippen LogP contribution in [0.1, 0.15) is 13.8 Å². The topological polar surface area (TPSA) is 80.3 Å². The lowest BCUT2D eigenvalue weighted by atomic mass is 9.77. The van der Waals surface area contributed by atoms with Gasteiger partial charge in [-0.15, -0.1) is 0 Å². The van der Waals surface area contributed by atoms with Crippen molar-refractivity contribution >= 4 is 11.9 Å². The monoisotopic (exact) mass is 194 g/mol. The molecule has 1 rings (SSSR count). The molecule has 4 nitrogen and oxygen atoms in total. The second-order valence-electron chi connectivity index (χ2n) is 3.81. The van der Waals surface area contributed by atoms with Gasteiger partial charge in [-0.3, -0.25) is 0 Å². The fourth-order valence-electron chi connectivity index (χ4n) is 1.08. The Morgan fingerprint density at radius 2 is 1.07 bits per heavy atom. The van der Waals surface area contributed by atoms with Crippen molar-refractivity contribution < 1.29 is 19.8 Å². The standard InChI is InChI=1S/C10H12O4/c1-9(7(11)12)3-5-10(2,6-4-9)8(13)14/h3-6H,1-2H3,(H,11,12)(H,13,14)/p-2. The van der Waals surface area contributed by atoms with E-state index in [2.05, 4.69) is 0 Å². The van der Waals surface area contributed by atoms with Crippen LogP contribution in [0.4, 0.5) is 0 Å². The smallest absolute Gasteiger partial charge is 0.0549 e. The van der Waals surface area contributed by atoms with Crippen LogP contribution in [-0.4, -0.2) is 11.9 Å². The zero-order chi connectivity index (χ0) is 11.0. The highest BCUT2D eigenvalue weighted by Crippen LogP contribution is 2.32. The zero-order valence-electron chi connectivity index (χ0n) is 7.94. The highest BCUT2D eigenvalue weighted by Gasteiger charge is 2.29. The van der Waals surface area contributed by atoms with Gasteiger partial charge < -0.3 is 19.8 Å². The van der Waals surface area contributed by atoms with E-state index in [1.54, 1.807) is 0 Å². The number of hydrogen-bond acceptors (Lipinski definition) is 4. The molecule has 0 saturated heterocycles. The molecule has 0 aromatic rings. The minimum absolute atomic E-state index is 1.23. The van der Waals surface area contributed by atoms with Crippen molar-refractivity contribution in [1.82, 2.24) is 0 Å². The largest absolute Gasteiger partial charge is 0.549 e. The maximum Gasteiger partial charge on any atom is 0.0549 e. The number of aliphatic carboxylic acids is 2. The molecule has 0 aliphatic heterocycles. The van der Waals surface area contributed by atoms with E-state index in [4.69, 9.17) is 0 Å². The average Bonchev–Trinajstić information content (AvgIpc) is 2.10. The van der Waals surface area contributed by atoms with Gasteiger partial charge in [-0.2, -0.15) is 0 Å². The molecule has 0 unspecified atom stereocenters. The second-order valence-corrected chi connectivity index (χ2v) is 3.81. The van der Waals surface area contributed by atoms with Crippen molar-refractivity contribution in [3.63, 3.8) is 0 Å². The molecule has 0 aromatic heterocycles. The van der Waals surface area contributed by atoms with Crippen molar-refractivity contribution in [2.24, 2.45) is 10.8 Å². The first-order chi connectivity index (χ1) is 6.30. The third-order valence-corrected chi connectivity index (χ3v) is 2.43. The van der Waals surface area contributed by atoms with Gasteiger partial charge in [0, 0.05) is 10.8 Å². The number of rotatable bonds is 2. The summed E-state index contributed by atoms with van der Waals surface area (Å²) in [6, 6.07) is 0. The summed E-state index contributed by atoms with van der Waals surface area (Å²) in [5.41, 5.74) is -2.45. The number of carbonyl (C=O) groups excluding carboxylic acids is 2. The molecule has 0 bridgehead atoms. The maximum absolute atomic E-state index is 10.7. The Bertz CT molecular complexity index is 292. The number of carboxylic acid groups (broad SMARTS) is 2. The normalized spacial score (nSPS) is 35.6. The minimum atomic E-state index is -1.26. The van der Waals surface area contributed by atoms with Crippen molar-refractivity contribution in [3.05, 3.63) is 24.3 Å². The summed E-state index contributed by atoms with van der Waals surface area (Å²) < 4.78 is 0. The van der Waals surface area contributed by atoms with E-state index in [-0.39, 0.29) is 0 Å².